The molecule has 2 fully saturated rings. The summed E-state index contributed by atoms with van der Waals surface area (Å²) >= 11 is 0. The van der Waals surface area contributed by atoms with E-state index in [9.17, 15) is 14.7 Å². The van der Waals surface area contributed by atoms with Crippen molar-refractivity contribution in [1.82, 2.24) is 0 Å². The molecule has 0 aromatic heterocycles. The summed E-state index contributed by atoms with van der Waals surface area (Å²) in [6.07, 6.45) is 12.3. The summed E-state index contributed by atoms with van der Waals surface area (Å²) in [6.45, 7) is 6.15. The summed E-state index contributed by atoms with van der Waals surface area (Å²) < 4.78 is 5.31. The average Bonchev–Trinajstić information content (AvgIpc) is 2.94. The Kier molecular flexibility index (Phi) is 4.03. The second-order valence-corrected chi connectivity index (χ2v) is 8.97. The Hall–Kier alpha value is -1.68. The van der Waals surface area contributed by atoms with E-state index in [1.54, 1.807) is 6.08 Å². The Morgan fingerprint density at radius 1 is 1.23 bits per heavy atom. The van der Waals surface area contributed by atoms with Gasteiger partial charge in [0.2, 0.25) is 5.78 Å². The van der Waals surface area contributed by atoms with Crippen molar-refractivity contribution in [3.05, 3.63) is 35.6 Å². The predicted octanol–water partition coefficient (Wildman–Crippen LogP) is 3.57. The van der Waals surface area contributed by atoms with E-state index in [4.69, 9.17) is 4.74 Å². The molecule has 4 aliphatic carbocycles. The lowest BCUT2D eigenvalue weighted by molar-refractivity contribution is -0.140. The molecule has 0 aliphatic heterocycles. The molecule has 6 atom stereocenters. The molecular formula is C22H28O4. The van der Waals surface area contributed by atoms with Gasteiger partial charge in [-0.05, 0) is 60.8 Å². The van der Waals surface area contributed by atoms with E-state index in [1.807, 2.05) is 12.2 Å². The summed E-state index contributed by atoms with van der Waals surface area (Å²) in [5, 5.41) is 9.83. The first-order valence-electron chi connectivity index (χ1n) is 9.77. The van der Waals surface area contributed by atoms with Gasteiger partial charge in [0.25, 0.3) is 0 Å². The van der Waals surface area contributed by atoms with E-state index < -0.39 is 5.97 Å². The largest absolute Gasteiger partial charge is 0.422 e. The van der Waals surface area contributed by atoms with Crippen molar-refractivity contribution in [2.45, 2.75) is 46.5 Å². The maximum Gasteiger partial charge on any atom is 0.308 e. The number of aliphatic hydroxyl groups excluding tert-OH is 1. The van der Waals surface area contributed by atoms with Crippen LogP contribution in [-0.4, -0.2) is 23.5 Å². The van der Waals surface area contributed by atoms with Gasteiger partial charge in [0.1, 0.15) is 0 Å². The molecule has 26 heavy (non-hydrogen) atoms. The van der Waals surface area contributed by atoms with Crippen LogP contribution in [0, 0.1) is 34.5 Å². The highest BCUT2D eigenvalue weighted by Crippen LogP contribution is 2.64. The fraction of sp³-hybridized carbons (Fsp3) is 0.636. The quantitative estimate of drug-likeness (QED) is 0.768. The highest BCUT2D eigenvalue weighted by Gasteiger charge is 2.57. The molecule has 2 saturated carbocycles. The van der Waals surface area contributed by atoms with E-state index in [0.717, 1.165) is 31.3 Å². The fourth-order valence-corrected chi connectivity index (χ4v) is 6.40. The Morgan fingerprint density at radius 2 is 2.00 bits per heavy atom. The third-order valence-corrected chi connectivity index (χ3v) is 7.88. The highest BCUT2D eigenvalue weighted by atomic mass is 16.5. The number of ketones is 1. The Bertz CT molecular complexity index is 745. The van der Waals surface area contributed by atoms with Crippen molar-refractivity contribution < 1.29 is 19.4 Å². The molecule has 0 spiro atoms. The van der Waals surface area contributed by atoms with Crippen molar-refractivity contribution >= 4 is 11.8 Å². The Morgan fingerprint density at radius 3 is 2.69 bits per heavy atom. The number of carbonyl (C=O) groups excluding carboxylic acids is 2. The lowest BCUT2D eigenvalue weighted by Crippen LogP contribution is -2.48. The zero-order valence-electron chi connectivity index (χ0n) is 15.8. The molecule has 4 heteroatoms. The van der Waals surface area contributed by atoms with Crippen molar-refractivity contribution in [1.29, 1.82) is 0 Å². The first-order chi connectivity index (χ1) is 12.3. The molecule has 1 N–H and O–H groups in total. The lowest BCUT2D eigenvalue weighted by Gasteiger charge is -2.55. The molecule has 140 valence electrons. The number of allylic oxidation sites excluding steroid dienone is 5. The van der Waals surface area contributed by atoms with E-state index >= 15 is 0 Å². The maximum absolute atomic E-state index is 12.3. The standard InChI is InChI=1S/C22H28O4/c1-13(24)26-20-18-7-5-15-16-6-4-14(12-23)21(16,2)10-8-17(15)22(18,3)11-9-19(20)25/h5,7,9,11,14-17,23H,4,6,8,10,12H2,1-3H3/t14-,15-,16-,17-,21+,22+/m0/s1. The van der Waals surface area contributed by atoms with Crippen LogP contribution < -0.4 is 0 Å². The van der Waals surface area contributed by atoms with Crippen molar-refractivity contribution in [3.63, 3.8) is 0 Å². The van der Waals surface area contributed by atoms with Gasteiger partial charge >= 0.3 is 5.97 Å². The average molecular weight is 356 g/mol. The minimum atomic E-state index is -0.452. The van der Waals surface area contributed by atoms with Gasteiger partial charge in [-0.25, -0.2) is 0 Å². The maximum atomic E-state index is 12.3. The summed E-state index contributed by atoms with van der Waals surface area (Å²) in [7, 11) is 0. The monoisotopic (exact) mass is 356 g/mol. The van der Waals surface area contributed by atoms with Crippen molar-refractivity contribution in [2.75, 3.05) is 6.61 Å². The van der Waals surface area contributed by atoms with Gasteiger partial charge in [-0.15, -0.1) is 0 Å². The van der Waals surface area contributed by atoms with Crippen LogP contribution in [0.3, 0.4) is 0 Å². The van der Waals surface area contributed by atoms with Gasteiger partial charge in [0.15, 0.2) is 5.76 Å². The topological polar surface area (TPSA) is 63.6 Å². The molecule has 0 unspecified atom stereocenters. The van der Waals surface area contributed by atoms with Crippen LogP contribution >= 0.6 is 0 Å². The Labute approximate surface area is 155 Å². The lowest BCUT2D eigenvalue weighted by atomic mass is 9.49. The zero-order valence-corrected chi connectivity index (χ0v) is 15.8. The van der Waals surface area contributed by atoms with Gasteiger partial charge in [-0.1, -0.05) is 32.1 Å². The number of hydrogen-bond acceptors (Lipinski definition) is 4. The number of fused-ring (bicyclic) bond motifs is 5. The first-order valence-corrected chi connectivity index (χ1v) is 9.77. The number of esters is 1. The number of ether oxygens (including phenoxy) is 1. The van der Waals surface area contributed by atoms with Crippen LogP contribution in [0.1, 0.15) is 46.5 Å². The van der Waals surface area contributed by atoms with Gasteiger partial charge < -0.3 is 9.84 Å². The molecule has 4 nitrogen and oxygen atoms in total. The van der Waals surface area contributed by atoms with Crippen LogP contribution in [0.4, 0.5) is 0 Å². The van der Waals surface area contributed by atoms with E-state index in [1.165, 1.54) is 6.92 Å². The predicted molar refractivity (Wildman–Crippen MR) is 97.8 cm³/mol. The second-order valence-electron chi connectivity index (χ2n) is 8.97. The first kappa shape index (κ1) is 17.7. The van der Waals surface area contributed by atoms with Gasteiger partial charge in [-0.2, -0.15) is 0 Å². The zero-order chi connectivity index (χ0) is 18.7. The van der Waals surface area contributed by atoms with Gasteiger partial charge in [0.05, 0.1) is 0 Å². The number of rotatable bonds is 2. The van der Waals surface area contributed by atoms with Crippen molar-refractivity contribution in [3.8, 4) is 0 Å². The van der Waals surface area contributed by atoms with Gasteiger partial charge in [0, 0.05) is 24.5 Å². The second kappa shape index (κ2) is 5.91. The molecule has 0 bridgehead atoms. The summed E-state index contributed by atoms with van der Waals surface area (Å²) in [4.78, 5) is 23.8. The van der Waals surface area contributed by atoms with Gasteiger partial charge in [-0.3, -0.25) is 9.59 Å². The molecule has 0 heterocycles. The third-order valence-electron chi connectivity index (χ3n) is 7.88. The minimum Gasteiger partial charge on any atom is -0.422 e. The summed E-state index contributed by atoms with van der Waals surface area (Å²) in [6, 6.07) is 0. The molecule has 0 radical (unpaired) electrons. The van der Waals surface area contributed by atoms with E-state index in [2.05, 4.69) is 19.9 Å². The number of aliphatic hydroxyl groups is 1. The van der Waals surface area contributed by atoms with Crippen LogP contribution in [0.15, 0.2) is 35.6 Å². The van der Waals surface area contributed by atoms with E-state index in [0.29, 0.717) is 23.7 Å². The minimum absolute atomic E-state index is 0.199. The SMILES string of the molecule is CC(=O)OC1=C2C=C[C@H]3[C@@H]4CC[C@@H](CO)[C@@]4(C)CC[C@@H]3[C@@]2(C)C=CC1=O. The molecule has 4 rings (SSSR count). The molecular weight excluding hydrogens is 328 g/mol. The highest BCUT2D eigenvalue weighted by molar-refractivity contribution is 6.06. The fourth-order valence-electron chi connectivity index (χ4n) is 6.40. The van der Waals surface area contributed by atoms with Crippen LogP contribution in [-0.2, 0) is 14.3 Å². The van der Waals surface area contributed by atoms with Crippen LogP contribution in [0.5, 0.6) is 0 Å². The Balaban J connectivity index is 1.77. The molecule has 0 amide bonds. The third kappa shape index (κ3) is 2.31. The molecule has 0 aromatic rings. The van der Waals surface area contributed by atoms with E-state index in [-0.39, 0.29) is 29.0 Å². The number of carbonyl (C=O) groups is 2. The summed E-state index contributed by atoms with van der Waals surface area (Å²) in [5.41, 5.74) is 0.767. The molecule has 0 saturated heterocycles. The summed E-state index contributed by atoms with van der Waals surface area (Å²) in [5.74, 6) is 1.32. The van der Waals surface area contributed by atoms with Crippen LogP contribution in [0.2, 0.25) is 0 Å². The smallest absolute Gasteiger partial charge is 0.308 e. The van der Waals surface area contributed by atoms with Crippen molar-refractivity contribution in [2.24, 2.45) is 34.5 Å². The van der Waals surface area contributed by atoms with Crippen LogP contribution in [0.25, 0.3) is 0 Å². The number of hydrogen-bond donors (Lipinski definition) is 1. The molecule has 0 aromatic carbocycles. The molecule has 4 aliphatic rings. The normalized spacial score (nSPS) is 43.8.